The predicted octanol–water partition coefficient (Wildman–Crippen LogP) is 3.48. The molecule has 1 fully saturated rings. The minimum Gasteiger partial charge on any atom is -0.361 e. The number of halogens is 1. The van der Waals surface area contributed by atoms with Crippen molar-refractivity contribution in [2.45, 2.75) is 38.1 Å². The molecular formula is C16H17BrN2O2. The number of carbonyl (C=O) groups is 1. The van der Waals surface area contributed by atoms with Crippen LogP contribution in [0.25, 0.3) is 0 Å². The molecule has 1 heterocycles. The lowest BCUT2D eigenvalue weighted by Crippen LogP contribution is -2.51. The zero-order valence-electron chi connectivity index (χ0n) is 11.9. The van der Waals surface area contributed by atoms with Gasteiger partial charge in [-0.1, -0.05) is 33.2 Å². The van der Waals surface area contributed by atoms with Crippen molar-refractivity contribution in [3.05, 3.63) is 51.8 Å². The fourth-order valence-corrected chi connectivity index (χ4v) is 3.03. The first-order valence-electron chi connectivity index (χ1n) is 7.07. The van der Waals surface area contributed by atoms with E-state index >= 15 is 0 Å². The molecule has 0 atom stereocenters. The maximum Gasteiger partial charge on any atom is 0.226 e. The van der Waals surface area contributed by atoms with E-state index in [0.717, 1.165) is 29.5 Å². The quantitative estimate of drug-likeness (QED) is 0.919. The van der Waals surface area contributed by atoms with Crippen molar-refractivity contribution >= 4 is 21.8 Å². The van der Waals surface area contributed by atoms with E-state index in [-0.39, 0.29) is 17.9 Å². The number of hydrogen-bond acceptors (Lipinski definition) is 3. The molecule has 1 amide bonds. The van der Waals surface area contributed by atoms with E-state index in [9.17, 15) is 4.79 Å². The normalized spacial score (nSPS) is 16.3. The summed E-state index contributed by atoms with van der Waals surface area (Å²) in [4.78, 5) is 12.3. The molecule has 0 spiro atoms. The van der Waals surface area contributed by atoms with Crippen LogP contribution in [0, 0.1) is 6.92 Å². The molecule has 0 aliphatic heterocycles. The van der Waals surface area contributed by atoms with Crippen LogP contribution in [0.4, 0.5) is 0 Å². The van der Waals surface area contributed by atoms with E-state index in [1.54, 1.807) is 6.07 Å². The summed E-state index contributed by atoms with van der Waals surface area (Å²) in [6.07, 6.45) is 3.37. The van der Waals surface area contributed by atoms with Gasteiger partial charge < -0.3 is 9.84 Å². The summed E-state index contributed by atoms with van der Waals surface area (Å²) < 4.78 is 6.04. The number of aromatic nitrogens is 1. The average Bonchev–Trinajstić information content (AvgIpc) is 2.80. The Morgan fingerprint density at radius 1 is 1.38 bits per heavy atom. The summed E-state index contributed by atoms with van der Waals surface area (Å²) >= 11 is 3.44. The zero-order valence-corrected chi connectivity index (χ0v) is 13.4. The van der Waals surface area contributed by atoms with Crippen molar-refractivity contribution in [1.82, 2.24) is 10.5 Å². The van der Waals surface area contributed by atoms with Gasteiger partial charge in [0.2, 0.25) is 5.91 Å². The molecule has 3 rings (SSSR count). The molecule has 1 aliphatic carbocycles. The Labute approximate surface area is 132 Å². The number of carbonyl (C=O) groups excluding carboxylic acids is 1. The highest BCUT2D eigenvalue weighted by Crippen LogP contribution is 2.41. The fourth-order valence-electron chi connectivity index (χ4n) is 2.76. The number of benzene rings is 1. The van der Waals surface area contributed by atoms with E-state index in [4.69, 9.17) is 4.52 Å². The number of amides is 1. The van der Waals surface area contributed by atoms with Crippen molar-refractivity contribution in [2.75, 3.05) is 0 Å². The zero-order chi connectivity index (χ0) is 14.9. The van der Waals surface area contributed by atoms with Gasteiger partial charge in [0.15, 0.2) is 0 Å². The first-order valence-corrected chi connectivity index (χ1v) is 7.86. The van der Waals surface area contributed by atoms with Gasteiger partial charge in [-0.3, -0.25) is 4.79 Å². The van der Waals surface area contributed by atoms with Crippen molar-refractivity contribution in [2.24, 2.45) is 0 Å². The maximum atomic E-state index is 12.3. The Balaban J connectivity index is 1.71. The van der Waals surface area contributed by atoms with Crippen LogP contribution in [0.1, 0.15) is 36.3 Å². The number of nitrogens with one attached hydrogen (secondary N) is 1. The van der Waals surface area contributed by atoms with Gasteiger partial charge in [0.25, 0.3) is 0 Å². The molecule has 1 saturated carbocycles. The minimum atomic E-state index is -0.212. The molecule has 2 aromatic rings. The van der Waals surface area contributed by atoms with Gasteiger partial charge in [-0.05, 0) is 43.9 Å². The number of hydrogen-bond donors (Lipinski definition) is 1. The van der Waals surface area contributed by atoms with Crippen molar-refractivity contribution in [3.8, 4) is 0 Å². The SMILES string of the molecule is Cc1cc(CC(=O)NC2(c3ccc(Br)cc3)CCC2)no1. The summed E-state index contributed by atoms with van der Waals surface area (Å²) in [5.74, 6) is 0.718. The maximum absolute atomic E-state index is 12.3. The van der Waals surface area contributed by atoms with Crippen LogP contribution >= 0.6 is 15.9 Å². The van der Waals surface area contributed by atoms with Crippen LogP contribution in [0.15, 0.2) is 39.3 Å². The first kappa shape index (κ1) is 14.3. The minimum absolute atomic E-state index is 0.00841. The van der Waals surface area contributed by atoms with Crippen LogP contribution in [-0.4, -0.2) is 11.1 Å². The van der Waals surface area contributed by atoms with Crippen molar-refractivity contribution in [1.29, 1.82) is 0 Å². The van der Waals surface area contributed by atoms with Crippen LogP contribution in [0.3, 0.4) is 0 Å². The molecule has 0 unspecified atom stereocenters. The van der Waals surface area contributed by atoms with Gasteiger partial charge in [0.1, 0.15) is 5.76 Å². The lowest BCUT2D eigenvalue weighted by molar-refractivity contribution is -0.123. The van der Waals surface area contributed by atoms with Crippen molar-refractivity contribution < 1.29 is 9.32 Å². The second-order valence-electron chi connectivity index (χ2n) is 5.60. The second-order valence-corrected chi connectivity index (χ2v) is 6.51. The van der Waals surface area contributed by atoms with Crippen molar-refractivity contribution in [3.63, 3.8) is 0 Å². The summed E-state index contributed by atoms with van der Waals surface area (Å²) in [7, 11) is 0. The smallest absolute Gasteiger partial charge is 0.226 e. The molecule has 110 valence electrons. The second kappa shape index (κ2) is 5.64. The molecule has 1 aliphatic rings. The Morgan fingerprint density at radius 3 is 2.62 bits per heavy atom. The molecule has 5 heteroatoms. The largest absolute Gasteiger partial charge is 0.361 e. The van der Waals surface area contributed by atoms with Gasteiger partial charge in [-0.2, -0.15) is 0 Å². The molecule has 21 heavy (non-hydrogen) atoms. The highest BCUT2D eigenvalue weighted by molar-refractivity contribution is 9.10. The van der Waals surface area contributed by atoms with Crippen LogP contribution in [0.2, 0.25) is 0 Å². The van der Waals surface area contributed by atoms with Gasteiger partial charge in [0.05, 0.1) is 17.7 Å². The molecule has 1 aromatic carbocycles. The Morgan fingerprint density at radius 2 is 2.10 bits per heavy atom. The summed E-state index contributed by atoms with van der Waals surface area (Å²) in [6.45, 7) is 1.82. The standard InChI is InChI=1S/C16H17BrN2O2/c1-11-9-14(19-21-11)10-15(20)18-16(7-2-8-16)12-3-5-13(17)6-4-12/h3-6,9H,2,7-8,10H2,1H3,(H,18,20). The van der Waals surface area contributed by atoms with E-state index < -0.39 is 0 Å². The van der Waals surface area contributed by atoms with Gasteiger partial charge in [-0.25, -0.2) is 0 Å². The molecule has 4 nitrogen and oxygen atoms in total. The molecule has 1 N–H and O–H groups in total. The van der Waals surface area contributed by atoms with Gasteiger partial charge >= 0.3 is 0 Å². The monoisotopic (exact) mass is 348 g/mol. The first-order chi connectivity index (χ1) is 10.1. The molecular weight excluding hydrogens is 332 g/mol. The number of aryl methyl sites for hydroxylation is 1. The van der Waals surface area contributed by atoms with Gasteiger partial charge in [-0.15, -0.1) is 0 Å². The van der Waals surface area contributed by atoms with E-state index in [0.29, 0.717) is 5.69 Å². The van der Waals surface area contributed by atoms with E-state index in [2.05, 4.69) is 38.5 Å². The van der Waals surface area contributed by atoms with Gasteiger partial charge in [0, 0.05) is 10.5 Å². The molecule has 0 radical (unpaired) electrons. The topological polar surface area (TPSA) is 55.1 Å². The lowest BCUT2D eigenvalue weighted by Gasteiger charge is -2.43. The van der Waals surface area contributed by atoms with E-state index in [1.807, 2.05) is 19.1 Å². The Kier molecular flexibility index (Phi) is 3.85. The summed E-state index contributed by atoms with van der Waals surface area (Å²) in [5, 5.41) is 7.06. The highest BCUT2D eigenvalue weighted by Gasteiger charge is 2.39. The summed E-state index contributed by atoms with van der Waals surface area (Å²) in [6, 6.07) is 9.98. The van der Waals surface area contributed by atoms with E-state index in [1.165, 1.54) is 5.56 Å². The Bertz CT molecular complexity index is 645. The van der Waals surface area contributed by atoms with Crippen LogP contribution < -0.4 is 5.32 Å². The molecule has 0 bridgehead atoms. The molecule has 0 saturated heterocycles. The molecule has 1 aromatic heterocycles. The number of nitrogens with zero attached hydrogens (tertiary/aromatic N) is 1. The van der Waals surface area contributed by atoms with Crippen LogP contribution in [-0.2, 0) is 16.8 Å². The number of rotatable bonds is 4. The third-order valence-electron chi connectivity index (χ3n) is 4.00. The third kappa shape index (κ3) is 3.02. The van der Waals surface area contributed by atoms with Crippen LogP contribution in [0.5, 0.6) is 0 Å². The Hall–Kier alpha value is -1.62. The lowest BCUT2D eigenvalue weighted by atomic mass is 9.71. The third-order valence-corrected chi connectivity index (χ3v) is 4.53. The fraction of sp³-hybridized carbons (Fsp3) is 0.375. The highest BCUT2D eigenvalue weighted by atomic mass is 79.9. The summed E-state index contributed by atoms with van der Waals surface area (Å²) in [5.41, 5.74) is 1.63. The predicted molar refractivity (Wildman–Crippen MR) is 82.8 cm³/mol. The average molecular weight is 349 g/mol.